The zero-order valence-corrected chi connectivity index (χ0v) is 13.1. The fourth-order valence-corrected chi connectivity index (χ4v) is 3.26. The van der Waals surface area contributed by atoms with E-state index in [4.69, 9.17) is 27.9 Å². The second-order valence-corrected chi connectivity index (χ2v) is 6.33. The van der Waals surface area contributed by atoms with E-state index in [-0.39, 0.29) is 21.5 Å². The van der Waals surface area contributed by atoms with Crippen molar-refractivity contribution >= 4 is 39.0 Å². The van der Waals surface area contributed by atoms with Gasteiger partial charge in [-0.25, -0.2) is 13.2 Å². The van der Waals surface area contributed by atoms with E-state index in [0.29, 0.717) is 0 Å². The Morgan fingerprint density at radius 3 is 2.25 bits per heavy atom. The minimum Gasteiger partial charge on any atom is -0.500 e. The molecule has 0 N–H and O–H groups in total. The van der Waals surface area contributed by atoms with Crippen molar-refractivity contribution in [2.75, 3.05) is 13.7 Å². The van der Waals surface area contributed by atoms with Gasteiger partial charge in [0.05, 0.1) is 18.6 Å². The number of methoxy groups -OCH3 is 1. The van der Waals surface area contributed by atoms with E-state index in [9.17, 15) is 13.2 Å². The van der Waals surface area contributed by atoms with Gasteiger partial charge in [0.25, 0.3) is 0 Å². The maximum Gasteiger partial charge on any atom is 0.353 e. The van der Waals surface area contributed by atoms with E-state index in [1.807, 2.05) is 0 Å². The molecule has 0 aliphatic carbocycles. The molecule has 110 valence electrons. The highest BCUT2D eigenvalue weighted by molar-refractivity contribution is 7.96. The summed E-state index contributed by atoms with van der Waals surface area (Å²) in [7, 11) is -3.06. The molecule has 20 heavy (non-hydrogen) atoms. The van der Waals surface area contributed by atoms with Gasteiger partial charge < -0.3 is 9.47 Å². The first-order valence-corrected chi connectivity index (χ1v) is 7.68. The summed E-state index contributed by atoms with van der Waals surface area (Å²) in [5, 5.41) is 0.272. The number of hydrogen-bond acceptors (Lipinski definition) is 5. The summed E-state index contributed by atoms with van der Waals surface area (Å²) in [5.74, 6) is -1.03. The fraction of sp³-hybridized carbons (Fsp3) is 0.250. The Balaban J connectivity index is 3.40. The summed E-state index contributed by atoms with van der Waals surface area (Å²) < 4.78 is 34.1. The number of carbonyl (C=O) groups is 1. The summed E-state index contributed by atoms with van der Waals surface area (Å²) in [6.07, 6.45) is 0.843. The van der Waals surface area contributed by atoms with Gasteiger partial charge in [0.15, 0.2) is 4.91 Å². The van der Waals surface area contributed by atoms with E-state index in [2.05, 4.69) is 4.74 Å². The Bertz CT molecular complexity index is 617. The Kier molecular flexibility index (Phi) is 5.86. The maximum absolute atomic E-state index is 12.4. The second kappa shape index (κ2) is 6.97. The monoisotopic (exact) mass is 338 g/mol. The number of carbonyl (C=O) groups excluding carboxylic acids is 1. The molecule has 1 aromatic rings. The molecular weight excluding hydrogens is 327 g/mol. The van der Waals surface area contributed by atoms with Crippen molar-refractivity contribution in [3.8, 4) is 0 Å². The van der Waals surface area contributed by atoms with Gasteiger partial charge in [-0.2, -0.15) is 0 Å². The molecule has 0 aliphatic rings. The highest BCUT2D eigenvalue weighted by atomic mass is 35.5. The molecule has 0 bridgehead atoms. The quantitative estimate of drug-likeness (QED) is 0.469. The summed E-state index contributed by atoms with van der Waals surface area (Å²) in [5.41, 5.74) is 0. The largest absolute Gasteiger partial charge is 0.500 e. The van der Waals surface area contributed by atoms with Gasteiger partial charge in [-0.05, 0) is 25.1 Å². The number of sulfone groups is 1. The lowest BCUT2D eigenvalue weighted by Crippen LogP contribution is -2.16. The van der Waals surface area contributed by atoms with Crippen LogP contribution in [0.25, 0.3) is 0 Å². The average Bonchev–Trinajstić information content (AvgIpc) is 2.37. The number of ether oxygens (including phenoxy) is 2. The molecule has 1 rings (SSSR count). The predicted molar refractivity (Wildman–Crippen MR) is 75.4 cm³/mol. The zero-order valence-electron chi connectivity index (χ0n) is 10.7. The molecule has 0 unspecified atom stereocenters. The van der Waals surface area contributed by atoms with Crippen molar-refractivity contribution in [1.82, 2.24) is 0 Å². The topological polar surface area (TPSA) is 69.7 Å². The van der Waals surface area contributed by atoms with Crippen molar-refractivity contribution in [2.24, 2.45) is 0 Å². The molecule has 0 aromatic heterocycles. The SMILES string of the molecule is CCOC=C(C(=O)OC)S(=O)(=O)c1cc(Cl)cc(Cl)c1. The number of benzene rings is 1. The predicted octanol–water partition coefficient (Wildman–Crippen LogP) is 2.82. The molecule has 0 saturated heterocycles. The van der Waals surface area contributed by atoms with E-state index in [1.165, 1.54) is 18.2 Å². The molecule has 5 nitrogen and oxygen atoms in total. The first kappa shape index (κ1) is 16.8. The third kappa shape index (κ3) is 3.88. The van der Waals surface area contributed by atoms with Gasteiger partial charge in [0, 0.05) is 10.0 Å². The minimum atomic E-state index is -4.14. The van der Waals surface area contributed by atoms with Crippen LogP contribution in [-0.2, 0) is 24.1 Å². The molecule has 0 heterocycles. The maximum atomic E-state index is 12.4. The van der Waals surface area contributed by atoms with Crippen molar-refractivity contribution in [3.63, 3.8) is 0 Å². The van der Waals surface area contributed by atoms with Crippen LogP contribution in [0.3, 0.4) is 0 Å². The van der Waals surface area contributed by atoms with Crippen LogP contribution in [0.2, 0.25) is 10.0 Å². The van der Waals surface area contributed by atoms with Gasteiger partial charge in [-0.1, -0.05) is 23.2 Å². The highest BCUT2D eigenvalue weighted by Crippen LogP contribution is 2.27. The Morgan fingerprint density at radius 2 is 1.80 bits per heavy atom. The first-order chi connectivity index (χ1) is 9.32. The van der Waals surface area contributed by atoms with Crippen molar-refractivity contribution in [1.29, 1.82) is 0 Å². The van der Waals surface area contributed by atoms with E-state index < -0.39 is 20.7 Å². The minimum absolute atomic E-state index is 0.136. The Hall–Kier alpha value is -1.24. The van der Waals surface area contributed by atoms with E-state index in [1.54, 1.807) is 6.92 Å². The van der Waals surface area contributed by atoms with Gasteiger partial charge in [0.2, 0.25) is 9.84 Å². The summed E-state index contributed by atoms with van der Waals surface area (Å²) in [6.45, 7) is 1.85. The lowest BCUT2D eigenvalue weighted by Gasteiger charge is -2.08. The molecular formula is C12H12Cl2O5S. The molecule has 0 radical (unpaired) electrons. The molecule has 0 fully saturated rings. The zero-order chi connectivity index (χ0) is 15.3. The molecule has 0 saturated carbocycles. The molecule has 8 heteroatoms. The standard InChI is InChI=1S/C12H12Cl2O5S/c1-3-19-7-11(12(15)18-2)20(16,17)10-5-8(13)4-9(14)6-10/h4-7H,3H2,1-2H3. The van der Waals surface area contributed by atoms with Crippen LogP contribution in [0.1, 0.15) is 6.92 Å². The van der Waals surface area contributed by atoms with Gasteiger partial charge >= 0.3 is 5.97 Å². The van der Waals surface area contributed by atoms with Crippen molar-refractivity contribution in [3.05, 3.63) is 39.4 Å². The van der Waals surface area contributed by atoms with Crippen LogP contribution in [0, 0.1) is 0 Å². The molecule has 1 aromatic carbocycles. The van der Waals surface area contributed by atoms with Crippen LogP contribution in [-0.4, -0.2) is 28.1 Å². The number of esters is 1. The highest BCUT2D eigenvalue weighted by Gasteiger charge is 2.29. The van der Waals surface area contributed by atoms with Crippen molar-refractivity contribution in [2.45, 2.75) is 11.8 Å². The van der Waals surface area contributed by atoms with Crippen LogP contribution < -0.4 is 0 Å². The molecule has 0 amide bonds. The molecule has 0 spiro atoms. The lowest BCUT2D eigenvalue weighted by molar-refractivity contribution is -0.135. The van der Waals surface area contributed by atoms with E-state index in [0.717, 1.165) is 13.4 Å². The summed E-state index contributed by atoms with van der Waals surface area (Å²) in [4.78, 5) is 10.8. The van der Waals surface area contributed by atoms with E-state index >= 15 is 0 Å². The molecule has 0 atom stereocenters. The van der Waals surface area contributed by atoms with Crippen molar-refractivity contribution < 1.29 is 22.7 Å². The number of rotatable bonds is 5. The molecule has 0 aliphatic heterocycles. The third-order valence-electron chi connectivity index (χ3n) is 2.18. The van der Waals surface area contributed by atoms with Crippen LogP contribution in [0.4, 0.5) is 0 Å². The van der Waals surface area contributed by atoms with Crippen LogP contribution >= 0.6 is 23.2 Å². The van der Waals surface area contributed by atoms with Gasteiger partial charge in [-0.15, -0.1) is 0 Å². The number of halogens is 2. The number of hydrogen-bond donors (Lipinski definition) is 0. The fourth-order valence-electron chi connectivity index (χ4n) is 1.29. The summed E-state index contributed by atoms with van der Waals surface area (Å²) in [6, 6.07) is 3.75. The average molecular weight is 339 g/mol. The van der Waals surface area contributed by atoms with Gasteiger partial charge in [0.1, 0.15) is 6.26 Å². The second-order valence-electron chi connectivity index (χ2n) is 3.54. The smallest absolute Gasteiger partial charge is 0.353 e. The van der Waals surface area contributed by atoms with Crippen LogP contribution in [0.15, 0.2) is 34.3 Å². The lowest BCUT2D eigenvalue weighted by atomic mass is 10.4. The summed E-state index contributed by atoms with van der Waals surface area (Å²) >= 11 is 11.5. The first-order valence-electron chi connectivity index (χ1n) is 5.44. The third-order valence-corrected chi connectivity index (χ3v) is 4.31. The van der Waals surface area contributed by atoms with Gasteiger partial charge in [-0.3, -0.25) is 0 Å². The van der Waals surface area contributed by atoms with Crippen LogP contribution in [0.5, 0.6) is 0 Å². The Labute approximate surface area is 127 Å². The normalized spacial score (nSPS) is 12.1. The Morgan fingerprint density at radius 1 is 1.25 bits per heavy atom.